The van der Waals surface area contributed by atoms with E-state index < -0.39 is 4.92 Å². The van der Waals surface area contributed by atoms with Gasteiger partial charge in [-0.15, -0.1) is 0 Å². The number of hydrogen-bond donors (Lipinski definition) is 0. The van der Waals surface area contributed by atoms with Crippen LogP contribution in [-0.4, -0.2) is 19.7 Å². The Hall–Kier alpha value is -2.44. The van der Waals surface area contributed by atoms with Crippen LogP contribution in [0.25, 0.3) is 11.4 Å². The molecule has 8 heteroatoms. The number of nitro groups is 1. The van der Waals surface area contributed by atoms with Gasteiger partial charge in [0.1, 0.15) is 6.33 Å². The molecular weight excluding hydrogens is 339 g/mol. The summed E-state index contributed by atoms with van der Waals surface area (Å²) >= 11 is 12.0. The molecule has 1 aromatic heterocycles. The number of rotatable bonds is 4. The first-order valence-electron chi connectivity index (χ1n) is 6.61. The van der Waals surface area contributed by atoms with E-state index in [1.165, 1.54) is 12.1 Å². The van der Waals surface area contributed by atoms with Crippen LogP contribution in [0.1, 0.15) is 5.56 Å². The molecule has 1 heterocycles. The van der Waals surface area contributed by atoms with Crippen molar-refractivity contribution in [1.29, 1.82) is 0 Å². The maximum absolute atomic E-state index is 10.8. The zero-order valence-corrected chi connectivity index (χ0v) is 13.2. The quantitative estimate of drug-likeness (QED) is 0.522. The average molecular weight is 349 g/mol. The minimum absolute atomic E-state index is 0.000374. The summed E-state index contributed by atoms with van der Waals surface area (Å²) in [6, 6.07) is 11.4. The number of nitrogens with zero attached hydrogens (tertiary/aromatic N) is 4. The molecule has 116 valence electrons. The molecule has 0 spiro atoms. The number of nitro benzene ring substituents is 1. The third kappa shape index (κ3) is 3.49. The molecule has 0 atom stereocenters. The molecule has 2 aromatic carbocycles. The topological polar surface area (TPSA) is 73.8 Å². The summed E-state index contributed by atoms with van der Waals surface area (Å²) in [6.07, 6.45) is 1.55. The first-order valence-corrected chi connectivity index (χ1v) is 7.37. The summed E-state index contributed by atoms with van der Waals surface area (Å²) in [5.41, 5.74) is 1.44. The molecule has 0 N–H and O–H groups in total. The molecule has 0 saturated carbocycles. The van der Waals surface area contributed by atoms with Crippen LogP contribution in [0.2, 0.25) is 10.0 Å². The van der Waals surface area contributed by atoms with Gasteiger partial charge in [-0.05, 0) is 17.7 Å². The van der Waals surface area contributed by atoms with Gasteiger partial charge in [-0.3, -0.25) is 10.1 Å². The fourth-order valence-electron chi connectivity index (χ4n) is 2.09. The van der Waals surface area contributed by atoms with Gasteiger partial charge in [0, 0.05) is 27.7 Å². The van der Waals surface area contributed by atoms with Gasteiger partial charge in [-0.1, -0.05) is 41.4 Å². The van der Waals surface area contributed by atoms with E-state index in [2.05, 4.69) is 10.1 Å². The molecule has 0 unspecified atom stereocenters. The number of hydrogen-bond acceptors (Lipinski definition) is 4. The highest BCUT2D eigenvalue weighted by molar-refractivity contribution is 6.35. The Morgan fingerprint density at radius 1 is 1.17 bits per heavy atom. The Kier molecular flexibility index (Phi) is 4.27. The predicted octanol–water partition coefficient (Wildman–Crippen LogP) is 4.21. The third-order valence-electron chi connectivity index (χ3n) is 3.20. The lowest BCUT2D eigenvalue weighted by Crippen LogP contribution is -2.01. The standard InChI is InChI=1S/C15H10Cl2N4O2/c16-12-5-4-11(14(17)7-12)8-20-9-18-15(19-20)10-2-1-3-13(6-10)21(22)23/h1-7,9H,8H2. The Bertz CT molecular complexity index is 879. The van der Waals surface area contributed by atoms with Gasteiger partial charge in [-0.25, -0.2) is 9.67 Å². The lowest BCUT2D eigenvalue weighted by Gasteiger charge is -2.04. The third-order valence-corrected chi connectivity index (χ3v) is 3.79. The Labute approximate surface area is 141 Å². The van der Waals surface area contributed by atoms with Gasteiger partial charge in [0.05, 0.1) is 11.5 Å². The molecule has 0 amide bonds. The number of aromatic nitrogens is 3. The summed E-state index contributed by atoms with van der Waals surface area (Å²) in [4.78, 5) is 14.6. The molecule has 3 aromatic rings. The van der Waals surface area contributed by atoms with E-state index in [0.29, 0.717) is 28.0 Å². The summed E-state index contributed by atoms with van der Waals surface area (Å²) < 4.78 is 1.61. The fraction of sp³-hybridized carbons (Fsp3) is 0.0667. The van der Waals surface area contributed by atoms with Gasteiger partial charge in [0.25, 0.3) is 5.69 Å². The molecule has 0 bridgehead atoms. The van der Waals surface area contributed by atoms with Crippen molar-refractivity contribution < 1.29 is 4.92 Å². The van der Waals surface area contributed by atoms with Gasteiger partial charge >= 0.3 is 0 Å². The Morgan fingerprint density at radius 2 is 2.00 bits per heavy atom. The molecular formula is C15H10Cl2N4O2. The summed E-state index contributed by atoms with van der Waals surface area (Å²) in [5.74, 6) is 0.416. The Balaban J connectivity index is 1.86. The monoisotopic (exact) mass is 348 g/mol. The van der Waals surface area contributed by atoms with Crippen LogP contribution in [0.4, 0.5) is 5.69 Å². The number of benzene rings is 2. The minimum Gasteiger partial charge on any atom is -0.258 e. The predicted molar refractivity (Wildman–Crippen MR) is 87.7 cm³/mol. The van der Waals surface area contributed by atoms with Crippen molar-refractivity contribution in [3.05, 3.63) is 74.5 Å². The van der Waals surface area contributed by atoms with Crippen molar-refractivity contribution in [2.75, 3.05) is 0 Å². The smallest absolute Gasteiger partial charge is 0.258 e. The van der Waals surface area contributed by atoms with Gasteiger partial charge in [-0.2, -0.15) is 5.10 Å². The highest BCUT2D eigenvalue weighted by Gasteiger charge is 2.11. The first-order chi connectivity index (χ1) is 11.0. The molecule has 0 radical (unpaired) electrons. The second-order valence-corrected chi connectivity index (χ2v) is 5.65. The zero-order chi connectivity index (χ0) is 16.4. The second kappa shape index (κ2) is 6.36. The maximum atomic E-state index is 10.8. The van der Waals surface area contributed by atoms with Crippen molar-refractivity contribution in [3.8, 4) is 11.4 Å². The van der Waals surface area contributed by atoms with Crippen molar-refractivity contribution in [3.63, 3.8) is 0 Å². The van der Waals surface area contributed by atoms with E-state index in [4.69, 9.17) is 23.2 Å². The van der Waals surface area contributed by atoms with Crippen LogP contribution in [0.5, 0.6) is 0 Å². The van der Waals surface area contributed by atoms with Crippen LogP contribution < -0.4 is 0 Å². The van der Waals surface area contributed by atoms with E-state index >= 15 is 0 Å². The summed E-state index contributed by atoms with van der Waals surface area (Å²) in [5, 5.41) is 16.3. The molecule has 3 rings (SSSR count). The molecule has 0 aliphatic carbocycles. The van der Waals surface area contributed by atoms with Crippen molar-refractivity contribution >= 4 is 28.9 Å². The van der Waals surface area contributed by atoms with E-state index in [-0.39, 0.29) is 5.69 Å². The number of halogens is 2. The lowest BCUT2D eigenvalue weighted by atomic mass is 10.2. The minimum atomic E-state index is -0.450. The maximum Gasteiger partial charge on any atom is 0.270 e. The molecule has 23 heavy (non-hydrogen) atoms. The highest BCUT2D eigenvalue weighted by atomic mass is 35.5. The van der Waals surface area contributed by atoms with Crippen molar-refractivity contribution in [2.45, 2.75) is 6.54 Å². The van der Waals surface area contributed by atoms with Crippen LogP contribution in [0.15, 0.2) is 48.8 Å². The normalized spacial score (nSPS) is 10.7. The lowest BCUT2D eigenvalue weighted by molar-refractivity contribution is -0.384. The molecule has 0 fully saturated rings. The van der Waals surface area contributed by atoms with E-state index in [0.717, 1.165) is 5.56 Å². The van der Waals surface area contributed by atoms with Gasteiger partial charge in [0.2, 0.25) is 0 Å². The highest BCUT2D eigenvalue weighted by Crippen LogP contribution is 2.23. The van der Waals surface area contributed by atoms with Gasteiger partial charge < -0.3 is 0 Å². The van der Waals surface area contributed by atoms with Gasteiger partial charge in [0.15, 0.2) is 5.82 Å². The molecule has 0 aliphatic heterocycles. The SMILES string of the molecule is O=[N+]([O-])c1cccc(-c2ncn(Cc3ccc(Cl)cc3Cl)n2)c1. The Morgan fingerprint density at radius 3 is 2.74 bits per heavy atom. The van der Waals surface area contributed by atoms with E-state index in [9.17, 15) is 10.1 Å². The van der Waals surface area contributed by atoms with Crippen molar-refractivity contribution in [2.24, 2.45) is 0 Å². The largest absolute Gasteiger partial charge is 0.270 e. The van der Waals surface area contributed by atoms with Crippen LogP contribution in [0, 0.1) is 10.1 Å². The second-order valence-electron chi connectivity index (χ2n) is 4.81. The summed E-state index contributed by atoms with van der Waals surface area (Å²) in [7, 11) is 0. The zero-order valence-electron chi connectivity index (χ0n) is 11.7. The van der Waals surface area contributed by atoms with Crippen molar-refractivity contribution in [1.82, 2.24) is 14.8 Å². The number of non-ortho nitro benzene ring substituents is 1. The fourth-order valence-corrected chi connectivity index (χ4v) is 2.55. The average Bonchev–Trinajstić information content (AvgIpc) is 2.99. The molecule has 0 aliphatic rings. The summed E-state index contributed by atoms with van der Waals surface area (Å²) in [6.45, 7) is 0.429. The first kappa shape index (κ1) is 15.5. The molecule has 6 nitrogen and oxygen atoms in total. The van der Waals surface area contributed by atoms with Crippen LogP contribution >= 0.6 is 23.2 Å². The molecule has 0 saturated heterocycles. The van der Waals surface area contributed by atoms with E-state index in [1.807, 2.05) is 6.07 Å². The van der Waals surface area contributed by atoms with Crippen LogP contribution in [0.3, 0.4) is 0 Å². The van der Waals surface area contributed by atoms with E-state index in [1.54, 1.807) is 35.3 Å². The van der Waals surface area contributed by atoms with Crippen LogP contribution in [-0.2, 0) is 6.54 Å².